The zero-order valence-corrected chi connectivity index (χ0v) is 14.4. The SMILES string of the molecule is Cc1ccccc1C(=O)N1CCN(Cc2cc3ccccn3n2)CC1. The average molecular weight is 334 g/mol. The van der Waals surface area contributed by atoms with Gasteiger partial charge < -0.3 is 4.90 Å². The molecule has 1 saturated heterocycles. The summed E-state index contributed by atoms with van der Waals surface area (Å²) in [5, 5.41) is 4.61. The zero-order chi connectivity index (χ0) is 17.2. The topological polar surface area (TPSA) is 40.9 Å². The van der Waals surface area contributed by atoms with Crippen LogP contribution >= 0.6 is 0 Å². The lowest BCUT2D eigenvalue weighted by Gasteiger charge is -2.34. The minimum Gasteiger partial charge on any atom is -0.336 e. The molecule has 1 aliphatic heterocycles. The summed E-state index contributed by atoms with van der Waals surface area (Å²) in [4.78, 5) is 17.0. The fourth-order valence-corrected chi connectivity index (χ4v) is 3.39. The third kappa shape index (κ3) is 3.28. The quantitative estimate of drug-likeness (QED) is 0.739. The number of aryl methyl sites for hydroxylation is 1. The number of rotatable bonds is 3. The van der Waals surface area contributed by atoms with E-state index in [1.54, 1.807) is 0 Å². The average Bonchev–Trinajstić information content (AvgIpc) is 3.04. The molecule has 3 heterocycles. The van der Waals surface area contributed by atoms with Gasteiger partial charge in [0.05, 0.1) is 11.2 Å². The molecule has 0 unspecified atom stereocenters. The molecule has 1 aromatic carbocycles. The molecule has 2 aromatic heterocycles. The van der Waals surface area contributed by atoms with Crippen molar-refractivity contribution < 1.29 is 4.79 Å². The number of aromatic nitrogens is 2. The molecule has 5 nitrogen and oxygen atoms in total. The molecule has 0 spiro atoms. The Morgan fingerprint density at radius 2 is 1.80 bits per heavy atom. The van der Waals surface area contributed by atoms with Crippen LogP contribution in [0.25, 0.3) is 5.52 Å². The summed E-state index contributed by atoms with van der Waals surface area (Å²) in [6.07, 6.45) is 1.97. The number of benzene rings is 1. The maximum atomic E-state index is 12.7. The van der Waals surface area contributed by atoms with Crippen LogP contribution in [-0.4, -0.2) is 51.5 Å². The van der Waals surface area contributed by atoms with Gasteiger partial charge in [0, 0.05) is 44.5 Å². The molecule has 0 aliphatic carbocycles. The molecule has 25 heavy (non-hydrogen) atoms. The number of carbonyl (C=O) groups is 1. The van der Waals surface area contributed by atoms with E-state index < -0.39 is 0 Å². The number of carbonyl (C=O) groups excluding carboxylic acids is 1. The van der Waals surface area contributed by atoms with E-state index in [4.69, 9.17) is 0 Å². The Labute approximate surface area is 147 Å². The van der Waals surface area contributed by atoms with Gasteiger partial charge >= 0.3 is 0 Å². The minimum absolute atomic E-state index is 0.144. The van der Waals surface area contributed by atoms with Crippen LogP contribution in [-0.2, 0) is 6.54 Å². The van der Waals surface area contributed by atoms with Crippen LogP contribution in [0.5, 0.6) is 0 Å². The lowest BCUT2D eigenvalue weighted by Crippen LogP contribution is -2.48. The first kappa shape index (κ1) is 15.8. The van der Waals surface area contributed by atoms with Crippen molar-refractivity contribution in [1.82, 2.24) is 19.4 Å². The molecular weight excluding hydrogens is 312 g/mol. The fourth-order valence-electron chi connectivity index (χ4n) is 3.39. The van der Waals surface area contributed by atoms with Crippen molar-refractivity contribution in [2.75, 3.05) is 26.2 Å². The maximum absolute atomic E-state index is 12.7. The van der Waals surface area contributed by atoms with E-state index in [9.17, 15) is 4.79 Å². The van der Waals surface area contributed by atoms with Crippen LogP contribution in [0.2, 0.25) is 0 Å². The van der Waals surface area contributed by atoms with Gasteiger partial charge in [-0.05, 0) is 36.8 Å². The van der Waals surface area contributed by atoms with Crippen molar-refractivity contribution in [3.05, 3.63) is 71.5 Å². The summed E-state index contributed by atoms with van der Waals surface area (Å²) >= 11 is 0. The molecule has 0 atom stereocenters. The van der Waals surface area contributed by atoms with Crippen LogP contribution in [0.4, 0.5) is 0 Å². The molecule has 3 aromatic rings. The number of pyridine rings is 1. The Bertz CT molecular complexity index is 860. The van der Waals surface area contributed by atoms with E-state index in [2.05, 4.69) is 22.1 Å². The smallest absolute Gasteiger partial charge is 0.254 e. The van der Waals surface area contributed by atoms with Crippen molar-refractivity contribution in [3.63, 3.8) is 0 Å². The van der Waals surface area contributed by atoms with Gasteiger partial charge in [-0.1, -0.05) is 24.3 Å². The van der Waals surface area contributed by atoms with Crippen LogP contribution in [0, 0.1) is 6.92 Å². The second-order valence-electron chi connectivity index (χ2n) is 6.59. The predicted molar refractivity (Wildman–Crippen MR) is 97.6 cm³/mol. The number of hydrogen-bond donors (Lipinski definition) is 0. The first-order valence-corrected chi connectivity index (χ1v) is 8.71. The van der Waals surface area contributed by atoms with Crippen LogP contribution in [0.15, 0.2) is 54.7 Å². The summed E-state index contributed by atoms with van der Waals surface area (Å²) in [5.74, 6) is 0.144. The van der Waals surface area contributed by atoms with Gasteiger partial charge in [0.2, 0.25) is 0 Å². The van der Waals surface area contributed by atoms with Crippen molar-refractivity contribution in [2.24, 2.45) is 0 Å². The second kappa shape index (κ2) is 6.69. The standard InChI is InChI=1S/C20H22N4O/c1-16-6-2-3-8-19(16)20(25)23-12-10-22(11-13-23)15-17-14-18-7-4-5-9-24(18)21-17/h2-9,14H,10-13,15H2,1H3. The molecule has 5 heteroatoms. The highest BCUT2D eigenvalue weighted by atomic mass is 16.2. The van der Waals surface area contributed by atoms with Crippen molar-refractivity contribution in [1.29, 1.82) is 0 Å². The Morgan fingerprint density at radius 1 is 1.04 bits per heavy atom. The Balaban J connectivity index is 1.38. The highest BCUT2D eigenvalue weighted by Crippen LogP contribution is 2.14. The molecule has 0 bridgehead atoms. The van der Waals surface area contributed by atoms with Gasteiger partial charge in [0.1, 0.15) is 0 Å². The Hall–Kier alpha value is -2.66. The van der Waals surface area contributed by atoms with Crippen molar-refractivity contribution in [3.8, 4) is 0 Å². The third-order valence-electron chi connectivity index (χ3n) is 4.84. The largest absolute Gasteiger partial charge is 0.336 e. The summed E-state index contributed by atoms with van der Waals surface area (Å²) in [7, 11) is 0. The third-order valence-corrected chi connectivity index (χ3v) is 4.84. The molecule has 0 saturated carbocycles. The summed E-state index contributed by atoms with van der Waals surface area (Å²) < 4.78 is 1.91. The Kier molecular flexibility index (Phi) is 4.24. The van der Waals surface area contributed by atoms with E-state index in [0.717, 1.165) is 55.1 Å². The van der Waals surface area contributed by atoms with Gasteiger partial charge in [0.25, 0.3) is 5.91 Å². The summed E-state index contributed by atoms with van der Waals surface area (Å²) in [5.41, 5.74) is 4.05. The highest BCUT2D eigenvalue weighted by Gasteiger charge is 2.23. The van der Waals surface area contributed by atoms with Gasteiger partial charge in [-0.25, -0.2) is 4.52 Å². The molecule has 1 fully saturated rings. The summed E-state index contributed by atoms with van der Waals surface area (Å²) in [6.45, 7) is 6.11. The number of fused-ring (bicyclic) bond motifs is 1. The molecule has 128 valence electrons. The lowest BCUT2D eigenvalue weighted by molar-refractivity contribution is 0.0626. The van der Waals surface area contributed by atoms with Gasteiger partial charge in [-0.3, -0.25) is 9.69 Å². The number of piperazine rings is 1. The lowest BCUT2D eigenvalue weighted by atomic mass is 10.1. The molecule has 0 radical (unpaired) electrons. The molecular formula is C20H22N4O. The zero-order valence-electron chi connectivity index (χ0n) is 14.4. The monoisotopic (exact) mass is 334 g/mol. The van der Waals surface area contributed by atoms with Gasteiger partial charge in [-0.15, -0.1) is 0 Å². The molecule has 4 rings (SSSR count). The van der Waals surface area contributed by atoms with Crippen molar-refractivity contribution in [2.45, 2.75) is 13.5 Å². The second-order valence-corrected chi connectivity index (χ2v) is 6.59. The molecule has 0 N–H and O–H groups in total. The predicted octanol–water partition coefficient (Wildman–Crippen LogP) is 2.60. The fraction of sp³-hybridized carbons (Fsp3) is 0.300. The first-order chi connectivity index (χ1) is 12.2. The maximum Gasteiger partial charge on any atom is 0.254 e. The summed E-state index contributed by atoms with van der Waals surface area (Å²) in [6, 6.07) is 16.0. The van der Waals surface area contributed by atoms with E-state index in [1.807, 2.05) is 58.9 Å². The number of amides is 1. The van der Waals surface area contributed by atoms with E-state index in [-0.39, 0.29) is 5.91 Å². The Morgan fingerprint density at radius 3 is 2.56 bits per heavy atom. The minimum atomic E-state index is 0.144. The highest BCUT2D eigenvalue weighted by molar-refractivity contribution is 5.95. The van der Waals surface area contributed by atoms with E-state index in [0.29, 0.717) is 0 Å². The van der Waals surface area contributed by atoms with E-state index >= 15 is 0 Å². The first-order valence-electron chi connectivity index (χ1n) is 8.71. The number of nitrogens with zero attached hydrogens (tertiary/aromatic N) is 4. The molecule has 1 amide bonds. The van der Waals surface area contributed by atoms with Gasteiger partial charge in [-0.2, -0.15) is 5.10 Å². The normalized spacial score (nSPS) is 15.6. The van der Waals surface area contributed by atoms with Crippen LogP contribution in [0.1, 0.15) is 21.6 Å². The van der Waals surface area contributed by atoms with E-state index in [1.165, 1.54) is 0 Å². The van der Waals surface area contributed by atoms with Gasteiger partial charge in [0.15, 0.2) is 0 Å². The molecule has 1 aliphatic rings. The van der Waals surface area contributed by atoms with Crippen LogP contribution < -0.4 is 0 Å². The van der Waals surface area contributed by atoms with Crippen LogP contribution in [0.3, 0.4) is 0 Å². The number of hydrogen-bond acceptors (Lipinski definition) is 3. The van der Waals surface area contributed by atoms with Crippen molar-refractivity contribution >= 4 is 11.4 Å².